The second kappa shape index (κ2) is 6.55. The van der Waals surface area contributed by atoms with E-state index in [9.17, 15) is 5.26 Å². The minimum Gasteiger partial charge on any atom is -0.379 e. The number of ether oxygens (including phenoxy) is 1. The van der Waals surface area contributed by atoms with Crippen LogP contribution in [-0.4, -0.2) is 18.2 Å². The Balaban J connectivity index is 1.59. The Hall–Kier alpha value is -1.77. The average Bonchev–Trinajstić information content (AvgIpc) is 3.09. The number of hydrogen-bond donors (Lipinski definition) is 1. The SMILES string of the molecule is CNc1sc2c(c1C#N)CCC(COCc1cccn1C)C2. The van der Waals surface area contributed by atoms with E-state index >= 15 is 0 Å². The van der Waals surface area contributed by atoms with Crippen LogP contribution < -0.4 is 5.32 Å². The number of aromatic nitrogens is 1. The highest BCUT2D eigenvalue weighted by atomic mass is 32.1. The molecule has 0 spiro atoms. The summed E-state index contributed by atoms with van der Waals surface area (Å²) in [6.07, 6.45) is 5.17. The number of anilines is 1. The zero-order valence-electron chi connectivity index (χ0n) is 13.1. The molecule has 0 aromatic carbocycles. The zero-order chi connectivity index (χ0) is 15.5. The Morgan fingerprint density at radius 2 is 2.41 bits per heavy atom. The van der Waals surface area contributed by atoms with E-state index in [0.717, 1.165) is 36.4 Å². The molecule has 0 fully saturated rings. The van der Waals surface area contributed by atoms with Gasteiger partial charge in [-0.3, -0.25) is 0 Å². The number of nitrogens with zero attached hydrogens (tertiary/aromatic N) is 2. The standard InChI is InChI=1S/C17H21N3OS/c1-19-17-15(9-18)14-6-5-12(8-16(14)22-17)10-21-11-13-4-3-7-20(13)2/h3-4,7,12,19H,5-6,8,10-11H2,1-2H3. The molecule has 1 atom stereocenters. The molecule has 1 aliphatic carbocycles. The number of nitrogens with one attached hydrogen (secondary N) is 1. The second-order valence-electron chi connectivity index (χ2n) is 5.80. The molecular weight excluding hydrogens is 294 g/mol. The molecule has 4 nitrogen and oxygen atoms in total. The van der Waals surface area contributed by atoms with E-state index in [0.29, 0.717) is 12.5 Å². The minimum atomic E-state index is 0.558. The van der Waals surface area contributed by atoms with E-state index in [4.69, 9.17) is 4.74 Å². The third kappa shape index (κ3) is 2.90. The molecule has 5 heteroatoms. The van der Waals surface area contributed by atoms with Gasteiger partial charge in [0.05, 0.1) is 18.8 Å². The van der Waals surface area contributed by atoms with Gasteiger partial charge < -0.3 is 14.6 Å². The molecule has 2 heterocycles. The van der Waals surface area contributed by atoms with Gasteiger partial charge in [-0.2, -0.15) is 5.26 Å². The first-order valence-corrected chi connectivity index (χ1v) is 8.45. The third-order valence-electron chi connectivity index (χ3n) is 4.36. The molecule has 2 aromatic rings. The molecule has 22 heavy (non-hydrogen) atoms. The van der Waals surface area contributed by atoms with E-state index in [1.54, 1.807) is 11.3 Å². The molecule has 1 unspecified atom stereocenters. The molecule has 3 rings (SSSR count). The Labute approximate surface area is 135 Å². The van der Waals surface area contributed by atoms with Crippen molar-refractivity contribution in [2.24, 2.45) is 13.0 Å². The van der Waals surface area contributed by atoms with E-state index in [-0.39, 0.29) is 0 Å². The van der Waals surface area contributed by atoms with E-state index in [1.807, 2.05) is 26.4 Å². The van der Waals surface area contributed by atoms with Crippen molar-refractivity contribution in [3.8, 4) is 6.07 Å². The van der Waals surface area contributed by atoms with Crippen molar-refractivity contribution in [1.82, 2.24) is 4.57 Å². The fourth-order valence-corrected chi connectivity index (χ4v) is 4.33. The smallest absolute Gasteiger partial charge is 0.107 e. The minimum absolute atomic E-state index is 0.558. The van der Waals surface area contributed by atoms with Crippen LogP contribution in [0, 0.1) is 17.2 Å². The topological polar surface area (TPSA) is 50.0 Å². The van der Waals surface area contributed by atoms with Gasteiger partial charge in [-0.05, 0) is 42.9 Å². The predicted molar refractivity (Wildman–Crippen MR) is 89.2 cm³/mol. The van der Waals surface area contributed by atoms with Gasteiger partial charge in [0, 0.05) is 30.9 Å². The van der Waals surface area contributed by atoms with Gasteiger partial charge >= 0.3 is 0 Å². The molecule has 0 amide bonds. The van der Waals surface area contributed by atoms with Crippen LogP contribution in [0.25, 0.3) is 0 Å². The monoisotopic (exact) mass is 315 g/mol. The molecule has 0 bridgehead atoms. The molecule has 0 radical (unpaired) electrons. The summed E-state index contributed by atoms with van der Waals surface area (Å²) >= 11 is 1.73. The van der Waals surface area contributed by atoms with Crippen LogP contribution in [-0.2, 0) is 31.2 Å². The van der Waals surface area contributed by atoms with Crippen LogP contribution in [0.2, 0.25) is 0 Å². The van der Waals surface area contributed by atoms with Crippen molar-refractivity contribution in [3.63, 3.8) is 0 Å². The number of fused-ring (bicyclic) bond motifs is 1. The van der Waals surface area contributed by atoms with Gasteiger partial charge in [-0.1, -0.05) is 0 Å². The largest absolute Gasteiger partial charge is 0.379 e. The van der Waals surface area contributed by atoms with Crippen LogP contribution in [0.15, 0.2) is 18.3 Å². The highest BCUT2D eigenvalue weighted by Gasteiger charge is 2.25. The Morgan fingerprint density at radius 3 is 3.09 bits per heavy atom. The van der Waals surface area contributed by atoms with Crippen molar-refractivity contribution >= 4 is 16.3 Å². The van der Waals surface area contributed by atoms with E-state index < -0.39 is 0 Å². The Bertz CT molecular complexity index is 695. The summed E-state index contributed by atoms with van der Waals surface area (Å²) in [5.41, 5.74) is 3.32. The van der Waals surface area contributed by atoms with E-state index in [1.165, 1.54) is 16.1 Å². The van der Waals surface area contributed by atoms with Crippen LogP contribution in [0.4, 0.5) is 5.00 Å². The molecule has 2 aromatic heterocycles. The van der Waals surface area contributed by atoms with Gasteiger partial charge in [0.2, 0.25) is 0 Å². The summed E-state index contributed by atoms with van der Waals surface area (Å²) in [6, 6.07) is 6.49. The normalized spacial score (nSPS) is 17.0. The van der Waals surface area contributed by atoms with Crippen LogP contribution >= 0.6 is 11.3 Å². The van der Waals surface area contributed by atoms with Gasteiger partial charge in [-0.15, -0.1) is 11.3 Å². The second-order valence-corrected chi connectivity index (χ2v) is 6.91. The quantitative estimate of drug-likeness (QED) is 0.921. The van der Waals surface area contributed by atoms with Crippen molar-refractivity contribution in [2.75, 3.05) is 19.0 Å². The zero-order valence-corrected chi connectivity index (χ0v) is 13.9. The first kappa shape index (κ1) is 15.1. The van der Waals surface area contributed by atoms with Crippen LogP contribution in [0.5, 0.6) is 0 Å². The maximum absolute atomic E-state index is 9.32. The molecule has 1 aliphatic rings. The molecular formula is C17H21N3OS. The molecule has 0 saturated carbocycles. The Kier molecular flexibility index (Phi) is 4.51. The summed E-state index contributed by atoms with van der Waals surface area (Å²) in [5.74, 6) is 0.558. The lowest BCUT2D eigenvalue weighted by molar-refractivity contribution is 0.0793. The Morgan fingerprint density at radius 1 is 1.55 bits per heavy atom. The first-order chi connectivity index (χ1) is 10.7. The maximum Gasteiger partial charge on any atom is 0.107 e. The fraction of sp³-hybridized carbons (Fsp3) is 0.471. The number of aryl methyl sites for hydroxylation is 1. The number of hydrogen-bond acceptors (Lipinski definition) is 4. The summed E-state index contributed by atoms with van der Waals surface area (Å²) in [5, 5.41) is 13.5. The van der Waals surface area contributed by atoms with Gasteiger partial charge in [0.15, 0.2) is 0 Å². The van der Waals surface area contributed by atoms with Gasteiger partial charge in [-0.25, -0.2) is 0 Å². The molecule has 116 valence electrons. The van der Waals surface area contributed by atoms with Crippen LogP contribution in [0.1, 0.15) is 28.1 Å². The van der Waals surface area contributed by atoms with Crippen molar-refractivity contribution < 1.29 is 4.74 Å². The maximum atomic E-state index is 9.32. The molecule has 0 aliphatic heterocycles. The highest BCUT2D eigenvalue weighted by Crippen LogP contribution is 2.39. The summed E-state index contributed by atoms with van der Waals surface area (Å²) in [7, 11) is 3.93. The van der Waals surface area contributed by atoms with Gasteiger partial charge in [0.1, 0.15) is 11.1 Å². The average molecular weight is 315 g/mol. The molecule has 1 N–H and O–H groups in total. The van der Waals surface area contributed by atoms with Gasteiger partial charge in [0.25, 0.3) is 0 Å². The summed E-state index contributed by atoms with van der Waals surface area (Å²) in [6.45, 7) is 1.46. The van der Waals surface area contributed by atoms with Crippen molar-refractivity contribution in [3.05, 3.63) is 40.0 Å². The first-order valence-electron chi connectivity index (χ1n) is 7.63. The third-order valence-corrected chi connectivity index (χ3v) is 5.63. The fourth-order valence-electron chi connectivity index (χ4n) is 3.07. The van der Waals surface area contributed by atoms with Crippen LogP contribution in [0.3, 0.4) is 0 Å². The molecule has 0 saturated heterocycles. The van der Waals surface area contributed by atoms with Crippen molar-refractivity contribution in [2.45, 2.75) is 25.9 Å². The lowest BCUT2D eigenvalue weighted by Crippen LogP contribution is -2.18. The number of nitriles is 1. The van der Waals surface area contributed by atoms with Crippen molar-refractivity contribution in [1.29, 1.82) is 5.26 Å². The summed E-state index contributed by atoms with van der Waals surface area (Å²) in [4.78, 5) is 1.36. The lowest BCUT2D eigenvalue weighted by atomic mass is 9.88. The number of rotatable bonds is 5. The predicted octanol–water partition coefficient (Wildman–Crippen LogP) is 3.32. The summed E-state index contributed by atoms with van der Waals surface area (Å²) < 4.78 is 8.00. The highest BCUT2D eigenvalue weighted by molar-refractivity contribution is 7.16. The lowest BCUT2D eigenvalue weighted by Gasteiger charge is -2.22. The van der Waals surface area contributed by atoms with E-state index in [2.05, 4.69) is 22.0 Å². The number of thiophene rings is 1.